The number of likely N-dealkylation sites (N-methyl/N-ethyl adjacent to an activating group) is 1. The summed E-state index contributed by atoms with van der Waals surface area (Å²) in [6.07, 6.45) is 0. The van der Waals surface area contributed by atoms with Crippen LogP contribution in [0.25, 0.3) is 0 Å². The van der Waals surface area contributed by atoms with Crippen LogP contribution in [-0.2, 0) is 4.79 Å². The van der Waals surface area contributed by atoms with E-state index in [2.05, 4.69) is 0 Å². The van der Waals surface area contributed by atoms with Gasteiger partial charge in [-0.25, -0.2) is 9.18 Å². The molecular weight excluding hydrogens is 249 g/mol. The predicted molar refractivity (Wildman–Crippen MR) is 60.6 cm³/mol. The summed E-state index contributed by atoms with van der Waals surface area (Å²) in [4.78, 5) is 23.5. The van der Waals surface area contributed by atoms with Gasteiger partial charge in [0.05, 0.1) is 5.56 Å². The minimum atomic E-state index is -1.16. The van der Waals surface area contributed by atoms with E-state index in [9.17, 15) is 14.0 Å². The summed E-state index contributed by atoms with van der Waals surface area (Å²) in [5, 5.41) is 8.97. The summed E-state index contributed by atoms with van der Waals surface area (Å²) in [5.41, 5.74) is -0.242. The molecule has 0 heterocycles. The van der Waals surface area contributed by atoms with E-state index in [1.165, 1.54) is 26.1 Å². The van der Waals surface area contributed by atoms with E-state index in [1.807, 2.05) is 0 Å². The van der Waals surface area contributed by atoms with Crippen molar-refractivity contribution in [3.05, 3.63) is 34.6 Å². The second-order valence-electron chi connectivity index (χ2n) is 3.55. The maximum atomic E-state index is 13.4. The summed E-state index contributed by atoms with van der Waals surface area (Å²) in [7, 11) is 1.29. The van der Waals surface area contributed by atoms with Gasteiger partial charge in [0.25, 0.3) is 5.91 Å². The fourth-order valence-corrected chi connectivity index (χ4v) is 1.37. The van der Waals surface area contributed by atoms with E-state index in [0.717, 1.165) is 11.0 Å². The SMILES string of the molecule is CC(C(=O)O)N(C)C(=O)c1cc(Cl)ccc1F. The van der Waals surface area contributed by atoms with Gasteiger partial charge in [-0.15, -0.1) is 0 Å². The molecule has 1 N–H and O–H groups in total. The van der Waals surface area contributed by atoms with Gasteiger partial charge in [-0.1, -0.05) is 11.6 Å². The van der Waals surface area contributed by atoms with Crippen molar-refractivity contribution in [2.24, 2.45) is 0 Å². The van der Waals surface area contributed by atoms with E-state index in [-0.39, 0.29) is 10.6 Å². The van der Waals surface area contributed by atoms with Crippen LogP contribution in [0.2, 0.25) is 5.02 Å². The lowest BCUT2D eigenvalue weighted by Crippen LogP contribution is -2.40. The Kier molecular flexibility index (Phi) is 4.07. The lowest BCUT2D eigenvalue weighted by atomic mass is 10.1. The first-order valence-electron chi connectivity index (χ1n) is 4.79. The zero-order valence-electron chi connectivity index (χ0n) is 9.28. The number of carbonyl (C=O) groups is 2. The van der Waals surface area contributed by atoms with Gasteiger partial charge in [-0.05, 0) is 25.1 Å². The predicted octanol–water partition coefficient (Wildman–Crippen LogP) is 2.02. The number of aliphatic carboxylic acids is 1. The van der Waals surface area contributed by atoms with Gasteiger partial charge in [0.1, 0.15) is 11.9 Å². The Morgan fingerprint density at radius 1 is 1.47 bits per heavy atom. The highest BCUT2D eigenvalue weighted by molar-refractivity contribution is 6.31. The maximum absolute atomic E-state index is 13.4. The van der Waals surface area contributed by atoms with Crippen molar-refractivity contribution in [3.63, 3.8) is 0 Å². The molecule has 0 aromatic heterocycles. The summed E-state index contributed by atoms with van der Waals surface area (Å²) >= 11 is 5.65. The third kappa shape index (κ3) is 2.94. The van der Waals surface area contributed by atoms with E-state index >= 15 is 0 Å². The molecule has 0 aliphatic carbocycles. The van der Waals surface area contributed by atoms with E-state index in [1.54, 1.807) is 0 Å². The summed E-state index contributed by atoms with van der Waals surface area (Å²) in [6, 6.07) is 2.51. The first-order valence-corrected chi connectivity index (χ1v) is 5.17. The van der Waals surface area contributed by atoms with E-state index < -0.39 is 23.7 Å². The summed E-state index contributed by atoms with van der Waals surface area (Å²) in [5.74, 6) is -2.62. The third-order valence-electron chi connectivity index (χ3n) is 2.42. The fourth-order valence-electron chi connectivity index (χ4n) is 1.19. The molecule has 0 radical (unpaired) electrons. The molecule has 17 heavy (non-hydrogen) atoms. The Bertz CT molecular complexity index is 464. The summed E-state index contributed by atoms with van der Waals surface area (Å²) in [6.45, 7) is 1.34. The van der Waals surface area contributed by atoms with Crippen molar-refractivity contribution < 1.29 is 19.1 Å². The number of nitrogens with zero attached hydrogens (tertiary/aromatic N) is 1. The lowest BCUT2D eigenvalue weighted by Gasteiger charge is -2.21. The number of halogens is 2. The molecular formula is C11H11ClFNO3. The van der Waals surface area contributed by atoms with Gasteiger partial charge in [0.2, 0.25) is 0 Å². The Balaban J connectivity index is 3.04. The number of rotatable bonds is 3. The lowest BCUT2D eigenvalue weighted by molar-refractivity contribution is -0.141. The van der Waals surface area contributed by atoms with Gasteiger partial charge < -0.3 is 10.0 Å². The Labute approximate surface area is 103 Å². The van der Waals surface area contributed by atoms with Crippen molar-refractivity contribution in [2.75, 3.05) is 7.05 Å². The summed E-state index contributed by atoms with van der Waals surface area (Å²) < 4.78 is 13.4. The zero-order valence-corrected chi connectivity index (χ0v) is 10.0. The molecule has 0 bridgehead atoms. The van der Waals surface area contributed by atoms with Crippen LogP contribution in [-0.4, -0.2) is 35.0 Å². The van der Waals surface area contributed by atoms with Crippen LogP contribution < -0.4 is 0 Å². The molecule has 1 atom stereocenters. The Hall–Kier alpha value is -1.62. The number of amides is 1. The van der Waals surface area contributed by atoms with E-state index in [4.69, 9.17) is 16.7 Å². The van der Waals surface area contributed by atoms with Crippen LogP contribution in [0.15, 0.2) is 18.2 Å². The van der Waals surface area contributed by atoms with Crippen LogP contribution in [0.3, 0.4) is 0 Å². The minimum Gasteiger partial charge on any atom is -0.480 e. The molecule has 0 saturated heterocycles. The zero-order chi connectivity index (χ0) is 13.2. The van der Waals surface area contributed by atoms with Crippen molar-refractivity contribution >= 4 is 23.5 Å². The number of carbonyl (C=O) groups excluding carboxylic acids is 1. The van der Waals surface area contributed by atoms with Crippen molar-refractivity contribution in [3.8, 4) is 0 Å². The standard InChI is InChI=1S/C11H11ClFNO3/c1-6(11(16)17)14(2)10(15)8-5-7(12)3-4-9(8)13/h3-6H,1-2H3,(H,16,17). The number of benzene rings is 1. The van der Waals surface area contributed by atoms with Crippen LogP contribution in [0, 0.1) is 5.82 Å². The topological polar surface area (TPSA) is 57.6 Å². The number of carboxylic acids is 1. The van der Waals surface area contributed by atoms with Crippen molar-refractivity contribution in [2.45, 2.75) is 13.0 Å². The van der Waals surface area contributed by atoms with Crippen LogP contribution in [0.4, 0.5) is 4.39 Å². The van der Waals surface area contributed by atoms with Crippen LogP contribution in [0.1, 0.15) is 17.3 Å². The molecule has 0 fully saturated rings. The molecule has 0 aliphatic heterocycles. The average molecular weight is 260 g/mol. The maximum Gasteiger partial charge on any atom is 0.326 e. The van der Waals surface area contributed by atoms with Gasteiger partial charge in [0.15, 0.2) is 0 Å². The minimum absolute atomic E-state index is 0.214. The highest BCUT2D eigenvalue weighted by atomic mass is 35.5. The molecule has 6 heteroatoms. The average Bonchev–Trinajstić information content (AvgIpc) is 2.29. The molecule has 4 nitrogen and oxygen atoms in total. The molecule has 1 rings (SSSR count). The Morgan fingerprint density at radius 3 is 2.59 bits per heavy atom. The van der Waals surface area contributed by atoms with Gasteiger partial charge in [0, 0.05) is 12.1 Å². The third-order valence-corrected chi connectivity index (χ3v) is 2.65. The number of carboxylic acid groups (broad SMARTS) is 1. The highest BCUT2D eigenvalue weighted by Gasteiger charge is 2.24. The largest absolute Gasteiger partial charge is 0.480 e. The quantitative estimate of drug-likeness (QED) is 0.904. The normalized spacial score (nSPS) is 12.0. The van der Waals surface area contributed by atoms with Crippen molar-refractivity contribution in [1.82, 2.24) is 4.90 Å². The smallest absolute Gasteiger partial charge is 0.326 e. The molecule has 1 aromatic rings. The Morgan fingerprint density at radius 2 is 2.06 bits per heavy atom. The van der Waals surface area contributed by atoms with Gasteiger partial charge in [-0.3, -0.25) is 4.79 Å². The molecule has 1 unspecified atom stereocenters. The first kappa shape index (κ1) is 13.4. The molecule has 0 saturated carbocycles. The molecule has 92 valence electrons. The first-order chi connectivity index (χ1) is 7.84. The number of hydrogen-bond donors (Lipinski definition) is 1. The second kappa shape index (κ2) is 5.14. The highest BCUT2D eigenvalue weighted by Crippen LogP contribution is 2.17. The van der Waals surface area contributed by atoms with Gasteiger partial charge in [-0.2, -0.15) is 0 Å². The monoisotopic (exact) mass is 259 g/mol. The molecule has 0 spiro atoms. The fraction of sp³-hybridized carbons (Fsp3) is 0.273. The molecule has 1 amide bonds. The van der Waals surface area contributed by atoms with Gasteiger partial charge >= 0.3 is 5.97 Å². The van der Waals surface area contributed by atoms with Crippen molar-refractivity contribution in [1.29, 1.82) is 0 Å². The second-order valence-corrected chi connectivity index (χ2v) is 3.99. The van der Waals surface area contributed by atoms with Crippen LogP contribution in [0.5, 0.6) is 0 Å². The number of hydrogen-bond acceptors (Lipinski definition) is 2. The van der Waals surface area contributed by atoms with E-state index in [0.29, 0.717) is 0 Å². The molecule has 1 aromatic carbocycles. The van der Waals surface area contributed by atoms with Crippen LogP contribution >= 0.6 is 11.6 Å². The molecule has 0 aliphatic rings.